The molecule has 2 heterocycles. The summed E-state index contributed by atoms with van der Waals surface area (Å²) in [5.74, 6) is 1.50. The van der Waals surface area contributed by atoms with Crippen molar-refractivity contribution in [1.29, 1.82) is 0 Å². The minimum absolute atomic E-state index is 0.730. The van der Waals surface area contributed by atoms with E-state index in [1.165, 1.54) is 0 Å². The molecule has 0 aliphatic rings. The van der Waals surface area contributed by atoms with Crippen LogP contribution < -0.4 is 4.74 Å². The second kappa shape index (κ2) is 3.67. The highest BCUT2D eigenvalue weighted by molar-refractivity contribution is 5.26. The SMILES string of the molecule is c1cncc(Oc2ccncc2)c1. The molecule has 2 aromatic heterocycles. The first-order valence-electron chi connectivity index (χ1n) is 3.93. The number of pyridine rings is 2. The summed E-state index contributed by atoms with van der Waals surface area (Å²) in [5, 5.41) is 0. The molecule has 0 spiro atoms. The normalized spacial score (nSPS) is 9.54. The minimum Gasteiger partial charge on any atom is -0.456 e. The molecule has 3 heteroatoms. The Kier molecular flexibility index (Phi) is 2.18. The largest absolute Gasteiger partial charge is 0.456 e. The van der Waals surface area contributed by atoms with Crippen molar-refractivity contribution in [2.24, 2.45) is 0 Å². The van der Waals surface area contributed by atoms with Crippen molar-refractivity contribution in [2.75, 3.05) is 0 Å². The van der Waals surface area contributed by atoms with E-state index in [-0.39, 0.29) is 0 Å². The Bertz CT molecular complexity index is 324. The highest BCUT2D eigenvalue weighted by Crippen LogP contribution is 2.17. The Morgan fingerprint density at radius 3 is 2.38 bits per heavy atom. The maximum absolute atomic E-state index is 5.48. The third kappa shape index (κ3) is 2.02. The van der Waals surface area contributed by atoms with Gasteiger partial charge in [0.1, 0.15) is 11.5 Å². The third-order valence-corrected chi connectivity index (χ3v) is 1.52. The molecule has 0 bridgehead atoms. The first-order chi connectivity index (χ1) is 6.45. The van der Waals surface area contributed by atoms with Gasteiger partial charge in [-0.25, -0.2) is 0 Å². The first-order valence-corrected chi connectivity index (χ1v) is 3.93. The van der Waals surface area contributed by atoms with Crippen LogP contribution in [0.4, 0.5) is 0 Å². The minimum atomic E-state index is 0.730. The predicted octanol–water partition coefficient (Wildman–Crippen LogP) is 2.27. The molecule has 2 aromatic rings. The number of hydrogen-bond acceptors (Lipinski definition) is 3. The molecule has 0 aliphatic heterocycles. The van der Waals surface area contributed by atoms with Gasteiger partial charge in [0.25, 0.3) is 0 Å². The lowest BCUT2D eigenvalue weighted by molar-refractivity contribution is 0.479. The Morgan fingerprint density at radius 1 is 0.846 bits per heavy atom. The van der Waals surface area contributed by atoms with Crippen molar-refractivity contribution in [1.82, 2.24) is 9.97 Å². The van der Waals surface area contributed by atoms with Crippen LogP contribution in [0.25, 0.3) is 0 Å². The van der Waals surface area contributed by atoms with Crippen molar-refractivity contribution in [3.8, 4) is 11.5 Å². The maximum Gasteiger partial charge on any atom is 0.145 e. The molecule has 13 heavy (non-hydrogen) atoms. The van der Waals surface area contributed by atoms with Crippen LogP contribution in [0, 0.1) is 0 Å². The number of rotatable bonds is 2. The van der Waals surface area contributed by atoms with Crippen molar-refractivity contribution in [2.45, 2.75) is 0 Å². The molecule has 0 atom stereocenters. The van der Waals surface area contributed by atoms with Gasteiger partial charge in [0, 0.05) is 18.6 Å². The summed E-state index contributed by atoms with van der Waals surface area (Å²) in [7, 11) is 0. The smallest absolute Gasteiger partial charge is 0.145 e. The molecule has 3 nitrogen and oxygen atoms in total. The lowest BCUT2D eigenvalue weighted by Gasteiger charge is -2.02. The molecule has 0 N–H and O–H groups in total. The van der Waals surface area contributed by atoms with Crippen LogP contribution in [0.5, 0.6) is 11.5 Å². The predicted molar refractivity (Wildman–Crippen MR) is 48.5 cm³/mol. The van der Waals surface area contributed by atoms with Gasteiger partial charge in [-0.3, -0.25) is 9.97 Å². The number of aromatic nitrogens is 2. The molecule has 0 saturated carbocycles. The zero-order chi connectivity index (χ0) is 8.93. The van der Waals surface area contributed by atoms with Crippen LogP contribution in [-0.2, 0) is 0 Å². The Balaban J connectivity index is 2.16. The van der Waals surface area contributed by atoms with E-state index in [0.29, 0.717) is 0 Å². The van der Waals surface area contributed by atoms with Crippen LogP contribution in [0.2, 0.25) is 0 Å². The van der Waals surface area contributed by atoms with Crippen molar-refractivity contribution in [3.05, 3.63) is 49.1 Å². The fourth-order valence-electron chi connectivity index (χ4n) is 0.950. The lowest BCUT2D eigenvalue weighted by atomic mass is 10.4. The number of nitrogens with zero attached hydrogens (tertiary/aromatic N) is 2. The number of hydrogen-bond donors (Lipinski definition) is 0. The summed E-state index contributed by atoms with van der Waals surface area (Å²) >= 11 is 0. The van der Waals surface area contributed by atoms with Gasteiger partial charge in [-0.05, 0) is 24.3 Å². The second-order valence-corrected chi connectivity index (χ2v) is 2.47. The van der Waals surface area contributed by atoms with E-state index in [2.05, 4.69) is 9.97 Å². The average Bonchev–Trinajstić information content (AvgIpc) is 2.21. The van der Waals surface area contributed by atoms with Crippen LogP contribution in [0.3, 0.4) is 0 Å². The van der Waals surface area contributed by atoms with Crippen LogP contribution >= 0.6 is 0 Å². The van der Waals surface area contributed by atoms with E-state index in [9.17, 15) is 0 Å². The van der Waals surface area contributed by atoms with Gasteiger partial charge in [0.2, 0.25) is 0 Å². The molecule has 0 unspecified atom stereocenters. The molecule has 0 aromatic carbocycles. The zero-order valence-electron chi connectivity index (χ0n) is 6.92. The van der Waals surface area contributed by atoms with E-state index in [4.69, 9.17) is 4.74 Å². The van der Waals surface area contributed by atoms with E-state index in [1.807, 2.05) is 12.1 Å². The van der Waals surface area contributed by atoms with Gasteiger partial charge in [0.15, 0.2) is 0 Å². The van der Waals surface area contributed by atoms with E-state index >= 15 is 0 Å². The molecular formula is C10H8N2O. The van der Waals surface area contributed by atoms with E-state index in [0.717, 1.165) is 11.5 Å². The highest BCUT2D eigenvalue weighted by Gasteiger charge is 1.93. The lowest BCUT2D eigenvalue weighted by Crippen LogP contribution is -1.84. The summed E-state index contributed by atoms with van der Waals surface area (Å²) < 4.78 is 5.48. The molecule has 0 aliphatic carbocycles. The third-order valence-electron chi connectivity index (χ3n) is 1.52. The molecule has 0 radical (unpaired) electrons. The number of ether oxygens (including phenoxy) is 1. The van der Waals surface area contributed by atoms with Crippen molar-refractivity contribution >= 4 is 0 Å². The van der Waals surface area contributed by atoms with Gasteiger partial charge >= 0.3 is 0 Å². The van der Waals surface area contributed by atoms with Gasteiger partial charge in [-0.2, -0.15) is 0 Å². The second-order valence-electron chi connectivity index (χ2n) is 2.47. The fourth-order valence-corrected chi connectivity index (χ4v) is 0.950. The Labute approximate surface area is 76.0 Å². The average molecular weight is 172 g/mol. The quantitative estimate of drug-likeness (QED) is 0.697. The van der Waals surface area contributed by atoms with Gasteiger partial charge in [-0.1, -0.05) is 0 Å². The molecule has 0 saturated heterocycles. The topological polar surface area (TPSA) is 35.0 Å². The Morgan fingerprint density at radius 2 is 1.69 bits per heavy atom. The van der Waals surface area contributed by atoms with Crippen molar-refractivity contribution < 1.29 is 4.74 Å². The van der Waals surface area contributed by atoms with E-state index in [1.54, 1.807) is 36.9 Å². The van der Waals surface area contributed by atoms with Gasteiger partial charge in [-0.15, -0.1) is 0 Å². The highest BCUT2D eigenvalue weighted by atomic mass is 16.5. The summed E-state index contributed by atoms with van der Waals surface area (Å²) in [6.45, 7) is 0. The Hall–Kier alpha value is -1.90. The van der Waals surface area contributed by atoms with Crippen LogP contribution in [0.1, 0.15) is 0 Å². The molecule has 64 valence electrons. The summed E-state index contributed by atoms with van der Waals surface area (Å²) in [4.78, 5) is 7.83. The standard InChI is InChI=1S/C10H8N2O/c1-2-10(8-12-5-1)13-9-3-6-11-7-4-9/h1-8H. The zero-order valence-corrected chi connectivity index (χ0v) is 6.92. The first kappa shape index (κ1) is 7.73. The van der Waals surface area contributed by atoms with Crippen molar-refractivity contribution in [3.63, 3.8) is 0 Å². The molecular weight excluding hydrogens is 164 g/mol. The van der Waals surface area contributed by atoms with Gasteiger partial charge in [0.05, 0.1) is 6.20 Å². The summed E-state index contributed by atoms with van der Waals surface area (Å²) in [6, 6.07) is 7.28. The molecule has 2 rings (SSSR count). The maximum atomic E-state index is 5.48. The fraction of sp³-hybridized carbons (Fsp3) is 0. The summed E-state index contributed by atoms with van der Waals surface area (Å²) in [5.41, 5.74) is 0. The molecule has 0 fully saturated rings. The van der Waals surface area contributed by atoms with Gasteiger partial charge < -0.3 is 4.74 Å². The monoisotopic (exact) mass is 172 g/mol. The van der Waals surface area contributed by atoms with Crippen LogP contribution in [-0.4, -0.2) is 9.97 Å². The van der Waals surface area contributed by atoms with Crippen LogP contribution in [0.15, 0.2) is 49.1 Å². The molecule has 0 amide bonds. The van der Waals surface area contributed by atoms with E-state index < -0.39 is 0 Å². The summed E-state index contributed by atoms with van der Waals surface area (Å²) in [6.07, 6.45) is 6.75.